The molecule has 0 atom stereocenters. The van der Waals surface area contributed by atoms with Gasteiger partial charge in [0.25, 0.3) is 5.91 Å². The fourth-order valence-electron chi connectivity index (χ4n) is 2.60. The van der Waals surface area contributed by atoms with Gasteiger partial charge in [0.05, 0.1) is 0 Å². The van der Waals surface area contributed by atoms with Crippen LogP contribution >= 0.6 is 0 Å². The van der Waals surface area contributed by atoms with Gasteiger partial charge in [-0.3, -0.25) is 9.59 Å². The Bertz CT molecular complexity index is 611. The third-order valence-corrected chi connectivity index (χ3v) is 3.89. The van der Waals surface area contributed by atoms with Gasteiger partial charge in [-0.25, -0.2) is 0 Å². The summed E-state index contributed by atoms with van der Waals surface area (Å²) >= 11 is 0. The molecule has 1 aromatic rings. The van der Waals surface area contributed by atoms with Crippen molar-refractivity contribution in [2.45, 2.75) is 38.3 Å². The molecule has 1 aliphatic carbocycles. The molecular formula is C15H20F3N3O3. The lowest BCUT2D eigenvalue weighted by molar-refractivity contribution is -0.146. The Balaban J connectivity index is 2.27. The summed E-state index contributed by atoms with van der Waals surface area (Å²) in [5.74, 6) is -0.960. The molecule has 0 N–H and O–H groups in total. The van der Waals surface area contributed by atoms with E-state index in [1.165, 1.54) is 14.1 Å². The van der Waals surface area contributed by atoms with Crippen molar-refractivity contribution >= 4 is 11.8 Å². The van der Waals surface area contributed by atoms with E-state index in [0.717, 1.165) is 24.2 Å². The van der Waals surface area contributed by atoms with E-state index in [2.05, 4.69) is 5.16 Å². The summed E-state index contributed by atoms with van der Waals surface area (Å²) in [4.78, 5) is 26.0. The normalized spacial score (nSPS) is 14.7. The number of amides is 2. The van der Waals surface area contributed by atoms with Crippen LogP contribution in [0.5, 0.6) is 0 Å². The first kappa shape index (κ1) is 18.3. The average molecular weight is 347 g/mol. The van der Waals surface area contributed by atoms with Crippen LogP contribution in [0.4, 0.5) is 13.2 Å². The standard InChI is InChI=1S/C15H20F3N3O3/c1-20(2)12(22)8-21(9-15(16,17)18)14(23)13-10-6-4-3-5-7-11(10)24-19-13/h3-9H2,1-2H3. The Morgan fingerprint density at radius 1 is 1.17 bits per heavy atom. The predicted molar refractivity (Wildman–Crippen MR) is 78.4 cm³/mol. The van der Waals surface area contributed by atoms with Crippen LogP contribution in [0.3, 0.4) is 0 Å². The van der Waals surface area contributed by atoms with Crippen LogP contribution in [0.1, 0.15) is 41.1 Å². The lowest BCUT2D eigenvalue weighted by Gasteiger charge is -2.24. The first-order valence-electron chi connectivity index (χ1n) is 7.72. The maximum atomic E-state index is 12.8. The summed E-state index contributed by atoms with van der Waals surface area (Å²) in [6.07, 6.45) is -0.773. The molecule has 0 unspecified atom stereocenters. The molecule has 134 valence electrons. The molecule has 1 aliphatic rings. The predicted octanol–water partition coefficient (Wildman–Crippen LogP) is 2.04. The van der Waals surface area contributed by atoms with Gasteiger partial charge in [-0.2, -0.15) is 13.2 Å². The Kier molecular flexibility index (Phi) is 5.51. The number of aryl methyl sites for hydroxylation is 1. The minimum Gasteiger partial charge on any atom is -0.360 e. The summed E-state index contributed by atoms with van der Waals surface area (Å²) in [7, 11) is 2.83. The highest BCUT2D eigenvalue weighted by Crippen LogP contribution is 2.25. The second kappa shape index (κ2) is 7.23. The highest BCUT2D eigenvalue weighted by Gasteiger charge is 2.36. The molecule has 0 spiro atoms. The lowest BCUT2D eigenvalue weighted by Crippen LogP contribution is -2.45. The van der Waals surface area contributed by atoms with Crippen LogP contribution in [0.25, 0.3) is 0 Å². The van der Waals surface area contributed by atoms with Crippen LogP contribution in [0.2, 0.25) is 0 Å². The number of fused-ring (bicyclic) bond motifs is 1. The molecule has 0 saturated heterocycles. The van der Waals surface area contributed by atoms with E-state index in [0.29, 0.717) is 29.1 Å². The van der Waals surface area contributed by atoms with Gasteiger partial charge in [-0.1, -0.05) is 11.6 Å². The van der Waals surface area contributed by atoms with Crippen LogP contribution in [0.15, 0.2) is 4.52 Å². The van der Waals surface area contributed by atoms with E-state index in [1.54, 1.807) is 0 Å². The minimum absolute atomic E-state index is 0.109. The largest absolute Gasteiger partial charge is 0.406 e. The van der Waals surface area contributed by atoms with Crippen molar-refractivity contribution in [2.24, 2.45) is 0 Å². The quantitative estimate of drug-likeness (QED) is 0.782. The number of hydrogen-bond acceptors (Lipinski definition) is 4. The first-order chi connectivity index (χ1) is 11.2. The fourth-order valence-corrected chi connectivity index (χ4v) is 2.60. The maximum Gasteiger partial charge on any atom is 0.406 e. The summed E-state index contributed by atoms with van der Waals surface area (Å²) in [6.45, 7) is -2.17. The zero-order chi connectivity index (χ0) is 17.9. The van der Waals surface area contributed by atoms with E-state index < -0.39 is 31.1 Å². The van der Waals surface area contributed by atoms with Gasteiger partial charge in [-0.05, 0) is 19.3 Å². The molecule has 24 heavy (non-hydrogen) atoms. The molecule has 0 fully saturated rings. The smallest absolute Gasteiger partial charge is 0.360 e. The third kappa shape index (κ3) is 4.48. The van der Waals surface area contributed by atoms with Crippen molar-refractivity contribution in [3.05, 3.63) is 17.0 Å². The van der Waals surface area contributed by atoms with Gasteiger partial charge in [0.1, 0.15) is 18.8 Å². The molecule has 2 amide bonds. The Hall–Kier alpha value is -2.06. The number of rotatable bonds is 4. The molecular weight excluding hydrogens is 327 g/mol. The fraction of sp³-hybridized carbons (Fsp3) is 0.667. The van der Waals surface area contributed by atoms with Gasteiger partial charge < -0.3 is 14.3 Å². The van der Waals surface area contributed by atoms with Crippen molar-refractivity contribution in [1.29, 1.82) is 0 Å². The zero-order valence-corrected chi connectivity index (χ0v) is 13.7. The van der Waals surface area contributed by atoms with Gasteiger partial charge >= 0.3 is 6.18 Å². The number of carbonyl (C=O) groups is 2. The number of hydrogen-bond donors (Lipinski definition) is 0. The number of aromatic nitrogens is 1. The van der Waals surface area contributed by atoms with Crippen LogP contribution in [0, 0.1) is 0 Å². The number of nitrogens with zero attached hydrogens (tertiary/aromatic N) is 3. The molecule has 0 aliphatic heterocycles. The molecule has 2 rings (SSSR count). The minimum atomic E-state index is -4.61. The highest BCUT2D eigenvalue weighted by molar-refractivity contribution is 5.96. The number of halogens is 3. The van der Waals surface area contributed by atoms with Gasteiger partial charge in [0.2, 0.25) is 5.91 Å². The maximum absolute atomic E-state index is 12.8. The van der Waals surface area contributed by atoms with E-state index in [4.69, 9.17) is 4.52 Å². The van der Waals surface area contributed by atoms with Crippen LogP contribution < -0.4 is 0 Å². The highest BCUT2D eigenvalue weighted by atomic mass is 19.4. The van der Waals surface area contributed by atoms with Gasteiger partial charge in [0.15, 0.2) is 5.69 Å². The molecule has 1 aromatic heterocycles. The lowest BCUT2D eigenvalue weighted by atomic mass is 10.1. The number of carbonyl (C=O) groups excluding carboxylic acids is 2. The molecule has 6 nitrogen and oxygen atoms in total. The van der Waals surface area contributed by atoms with E-state index in [1.807, 2.05) is 0 Å². The summed E-state index contributed by atoms with van der Waals surface area (Å²) in [6, 6.07) is 0. The number of likely N-dealkylation sites (N-methyl/N-ethyl adjacent to an activating group) is 1. The molecule has 1 heterocycles. The summed E-state index contributed by atoms with van der Waals surface area (Å²) in [5, 5.41) is 3.68. The second-order valence-electron chi connectivity index (χ2n) is 6.06. The van der Waals surface area contributed by atoms with Crippen molar-refractivity contribution in [1.82, 2.24) is 15.0 Å². The number of alkyl halides is 3. The Morgan fingerprint density at radius 3 is 2.46 bits per heavy atom. The SMILES string of the molecule is CN(C)C(=O)CN(CC(F)(F)F)C(=O)c1noc2c1CCCCC2. The molecule has 0 aromatic carbocycles. The van der Waals surface area contributed by atoms with E-state index in [-0.39, 0.29) is 5.69 Å². The summed E-state index contributed by atoms with van der Waals surface area (Å²) in [5.41, 5.74) is 0.463. The monoisotopic (exact) mass is 347 g/mol. The van der Waals surface area contributed by atoms with Crippen LogP contribution in [-0.4, -0.2) is 60.1 Å². The molecule has 9 heteroatoms. The first-order valence-corrected chi connectivity index (χ1v) is 7.72. The molecule has 0 radical (unpaired) electrons. The van der Waals surface area contributed by atoms with E-state index in [9.17, 15) is 22.8 Å². The van der Waals surface area contributed by atoms with Gasteiger partial charge in [-0.15, -0.1) is 0 Å². The average Bonchev–Trinajstić information content (AvgIpc) is 2.72. The van der Waals surface area contributed by atoms with Crippen molar-refractivity contribution in [2.75, 3.05) is 27.2 Å². The summed E-state index contributed by atoms with van der Waals surface area (Å²) < 4.78 is 43.5. The topological polar surface area (TPSA) is 66.7 Å². The Morgan fingerprint density at radius 2 is 1.83 bits per heavy atom. The third-order valence-electron chi connectivity index (χ3n) is 3.89. The van der Waals surface area contributed by atoms with Crippen molar-refractivity contribution in [3.8, 4) is 0 Å². The van der Waals surface area contributed by atoms with Gasteiger partial charge in [0, 0.05) is 26.1 Å². The second-order valence-corrected chi connectivity index (χ2v) is 6.06. The van der Waals surface area contributed by atoms with Crippen molar-refractivity contribution in [3.63, 3.8) is 0 Å². The Labute approximate surface area is 137 Å². The van der Waals surface area contributed by atoms with E-state index >= 15 is 0 Å². The zero-order valence-electron chi connectivity index (χ0n) is 13.7. The van der Waals surface area contributed by atoms with Crippen LogP contribution in [-0.2, 0) is 17.6 Å². The van der Waals surface area contributed by atoms with Crippen molar-refractivity contribution < 1.29 is 27.3 Å². The molecule has 0 bridgehead atoms. The molecule has 0 saturated carbocycles.